The van der Waals surface area contributed by atoms with Crippen molar-refractivity contribution < 1.29 is 23.8 Å². The van der Waals surface area contributed by atoms with Gasteiger partial charge in [-0.1, -0.05) is 0 Å². The van der Waals surface area contributed by atoms with Gasteiger partial charge in [0, 0.05) is 12.5 Å². The fraction of sp³-hybridized carbons (Fsp3) is 0.167. The highest BCUT2D eigenvalue weighted by Gasteiger charge is 2.09. The highest BCUT2D eigenvalue weighted by atomic mass is 127. The Morgan fingerprint density at radius 1 is 1.04 bits per heavy atom. The smallest absolute Gasteiger partial charge is 0.308 e. The molecule has 0 spiro atoms. The van der Waals surface area contributed by atoms with Crippen LogP contribution in [0.2, 0.25) is 0 Å². The Morgan fingerprint density at radius 3 is 2.35 bits per heavy atom. The van der Waals surface area contributed by atoms with E-state index >= 15 is 0 Å². The summed E-state index contributed by atoms with van der Waals surface area (Å²) in [6, 6.07) is 10.0. The van der Waals surface area contributed by atoms with Crippen LogP contribution in [0, 0.1) is 3.57 Å². The second-order valence-electron chi connectivity index (χ2n) is 5.05. The lowest BCUT2D eigenvalue weighted by Crippen LogP contribution is -2.17. The molecule has 0 bridgehead atoms. The molecule has 1 N–H and O–H groups in total. The zero-order chi connectivity index (χ0) is 19.1. The maximum Gasteiger partial charge on any atom is 0.308 e. The number of benzene rings is 2. The molecule has 26 heavy (non-hydrogen) atoms. The molecule has 136 valence electrons. The monoisotopic (exact) mass is 468 g/mol. The maximum atomic E-state index is 12.1. The molecule has 0 aliphatic carbocycles. The molecule has 7 nitrogen and oxygen atoms in total. The number of ether oxygens (including phenoxy) is 3. The summed E-state index contributed by atoms with van der Waals surface area (Å²) in [5.74, 6) is 0.621. The van der Waals surface area contributed by atoms with Gasteiger partial charge in [0.2, 0.25) is 0 Å². The highest BCUT2D eigenvalue weighted by molar-refractivity contribution is 14.1. The quantitative estimate of drug-likeness (QED) is 0.232. The van der Waals surface area contributed by atoms with Crippen molar-refractivity contribution >= 4 is 40.7 Å². The molecule has 0 aliphatic heterocycles. The van der Waals surface area contributed by atoms with Crippen molar-refractivity contribution in [2.75, 3.05) is 14.2 Å². The zero-order valence-electron chi connectivity index (χ0n) is 14.4. The third-order valence-electron chi connectivity index (χ3n) is 3.24. The van der Waals surface area contributed by atoms with E-state index in [4.69, 9.17) is 14.2 Å². The predicted octanol–water partition coefficient (Wildman–Crippen LogP) is 3.00. The minimum Gasteiger partial charge on any atom is -0.496 e. The Hall–Kier alpha value is -2.62. The number of methoxy groups -OCH3 is 2. The van der Waals surface area contributed by atoms with Crippen molar-refractivity contribution in [3.8, 4) is 17.2 Å². The summed E-state index contributed by atoms with van der Waals surface area (Å²) in [5, 5.41) is 3.93. The molecule has 8 heteroatoms. The van der Waals surface area contributed by atoms with E-state index < -0.39 is 5.97 Å². The number of rotatable bonds is 6. The second-order valence-corrected chi connectivity index (χ2v) is 6.21. The van der Waals surface area contributed by atoms with Crippen molar-refractivity contribution in [1.82, 2.24) is 5.43 Å². The normalized spacial score (nSPS) is 10.5. The van der Waals surface area contributed by atoms with Gasteiger partial charge in [-0.3, -0.25) is 9.59 Å². The predicted molar refractivity (Wildman–Crippen MR) is 105 cm³/mol. The van der Waals surface area contributed by atoms with Gasteiger partial charge in [0.15, 0.2) is 11.5 Å². The molecule has 2 aromatic carbocycles. The minimum atomic E-state index is -0.439. The van der Waals surface area contributed by atoms with Gasteiger partial charge in [-0.2, -0.15) is 5.10 Å². The van der Waals surface area contributed by atoms with Gasteiger partial charge in [0.25, 0.3) is 5.91 Å². The Morgan fingerprint density at radius 2 is 1.73 bits per heavy atom. The summed E-state index contributed by atoms with van der Waals surface area (Å²) in [6.07, 6.45) is 1.46. The number of carbonyl (C=O) groups is 2. The van der Waals surface area contributed by atoms with Crippen LogP contribution in [0.3, 0.4) is 0 Å². The summed E-state index contributed by atoms with van der Waals surface area (Å²) in [7, 11) is 3.04. The third-order valence-corrected chi connectivity index (χ3v) is 4.08. The molecule has 0 aromatic heterocycles. The van der Waals surface area contributed by atoms with Crippen molar-refractivity contribution in [3.05, 3.63) is 51.1 Å². The summed E-state index contributed by atoms with van der Waals surface area (Å²) in [4.78, 5) is 23.2. The molecule has 0 heterocycles. The Labute approximate surface area is 164 Å². The van der Waals surface area contributed by atoms with E-state index in [1.165, 1.54) is 20.2 Å². The summed E-state index contributed by atoms with van der Waals surface area (Å²) < 4.78 is 16.2. The summed E-state index contributed by atoms with van der Waals surface area (Å²) >= 11 is 2.09. The van der Waals surface area contributed by atoms with Gasteiger partial charge >= 0.3 is 5.97 Å². The molecule has 0 unspecified atom stereocenters. The molecule has 2 rings (SSSR count). The van der Waals surface area contributed by atoms with Crippen LogP contribution in [-0.4, -0.2) is 32.3 Å². The van der Waals surface area contributed by atoms with Gasteiger partial charge in [0.1, 0.15) is 5.75 Å². The van der Waals surface area contributed by atoms with Crippen molar-refractivity contribution in [2.24, 2.45) is 5.10 Å². The average molecular weight is 468 g/mol. The van der Waals surface area contributed by atoms with E-state index in [0.717, 1.165) is 3.57 Å². The fourth-order valence-corrected chi connectivity index (χ4v) is 2.78. The van der Waals surface area contributed by atoms with Crippen LogP contribution in [0.15, 0.2) is 41.5 Å². The Balaban J connectivity index is 2.06. The number of halogens is 1. The van der Waals surface area contributed by atoms with E-state index in [2.05, 4.69) is 33.1 Å². The second kappa shape index (κ2) is 9.18. The lowest BCUT2D eigenvalue weighted by molar-refractivity contribution is -0.132. The van der Waals surface area contributed by atoms with E-state index in [-0.39, 0.29) is 5.91 Å². The van der Waals surface area contributed by atoms with Gasteiger partial charge in [0.05, 0.1) is 24.0 Å². The molecule has 0 aliphatic rings. The molecule has 0 saturated heterocycles. The van der Waals surface area contributed by atoms with E-state index in [1.54, 1.807) is 43.5 Å². The molecule has 2 aromatic rings. The first-order valence-corrected chi connectivity index (χ1v) is 8.56. The van der Waals surface area contributed by atoms with Crippen LogP contribution in [0.25, 0.3) is 0 Å². The molecule has 0 radical (unpaired) electrons. The van der Waals surface area contributed by atoms with Crippen molar-refractivity contribution in [1.29, 1.82) is 0 Å². The zero-order valence-corrected chi connectivity index (χ0v) is 16.6. The van der Waals surface area contributed by atoms with Crippen LogP contribution in [0.4, 0.5) is 0 Å². The summed E-state index contributed by atoms with van der Waals surface area (Å²) in [5.41, 5.74) is 3.59. The number of hydrogen-bond acceptors (Lipinski definition) is 6. The molecule has 1 amide bonds. The molecular weight excluding hydrogens is 451 g/mol. The summed E-state index contributed by atoms with van der Waals surface area (Å²) in [6.45, 7) is 1.31. The van der Waals surface area contributed by atoms with E-state index in [1.807, 2.05) is 0 Å². The average Bonchev–Trinajstić information content (AvgIpc) is 2.62. The fourth-order valence-electron chi connectivity index (χ4n) is 2.04. The SMILES string of the molecule is COc1ccc(C(=O)NN=Cc2ccc(OC(C)=O)c(OC)c2)cc1I. The standard InChI is InChI=1S/C18H17IN2O5/c1-11(22)26-16-6-4-12(8-17(16)25-3)10-20-21-18(23)13-5-7-15(24-2)14(19)9-13/h4-10H,1-3H3,(H,21,23). The third kappa shape index (κ3) is 5.19. The van der Waals surface area contributed by atoms with E-state index in [0.29, 0.717) is 28.4 Å². The van der Waals surface area contributed by atoms with Gasteiger partial charge < -0.3 is 14.2 Å². The Kier molecular flexibility index (Phi) is 6.96. The molecule has 0 saturated carbocycles. The van der Waals surface area contributed by atoms with Crippen LogP contribution in [-0.2, 0) is 4.79 Å². The first-order chi connectivity index (χ1) is 12.4. The van der Waals surface area contributed by atoms with E-state index in [9.17, 15) is 9.59 Å². The number of nitrogens with one attached hydrogen (secondary N) is 1. The number of hydrogen-bond donors (Lipinski definition) is 1. The number of esters is 1. The molecule has 0 fully saturated rings. The van der Waals surface area contributed by atoms with Gasteiger partial charge in [-0.25, -0.2) is 5.43 Å². The first-order valence-electron chi connectivity index (χ1n) is 7.48. The topological polar surface area (TPSA) is 86.2 Å². The number of nitrogens with zero attached hydrogens (tertiary/aromatic N) is 1. The highest BCUT2D eigenvalue weighted by Crippen LogP contribution is 2.27. The van der Waals surface area contributed by atoms with Crippen molar-refractivity contribution in [3.63, 3.8) is 0 Å². The first kappa shape index (κ1) is 19.7. The largest absolute Gasteiger partial charge is 0.496 e. The maximum absolute atomic E-state index is 12.1. The number of amides is 1. The van der Waals surface area contributed by atoms with Crippen LogP contribution in [0.1, 0.15) is 22.8 Å². The van der Waals surface area contributed by atoms with Crippen LogP contribution >= 0.6 is 22.6 Å². The lowest BCUT2D eigenvalue weighted by atomic mass is 10.2. The van der Waals surface area contributed by atoms with Crippen LogP contribution in [0.5, 0.6) is 17.2 Å². The van der Waals surface area contributed by atoms with Crippen molar-refractivity contribution in [2.45, 2.75) is 6.92 Å². The van der Waals surface area contributed by atoms with Crippen LogP contribution < -0.4 is 19.6 Å². The molecule has 0 atom stereocenters. The lowest BCUT2D eigenvalue weighted by Gasteiger charge is -2.08. The minimum absolute atomic E-state index is 0.314. The van der Waals surface area contributed by atoms with Gasteiger partial charge in [-0.05, 0) is 64.6 Å². The number of hydrazone groups is 1. The Bertz CT molecular complexity index is 851. The van der Waals surface area contributed by atoms with Gasteiger partial charge in [-0.15, -0.1) is 0 Å². The number of carbonyl (C=O) groups excluding carboxylic acids is 2. The molecular formula is C18H17IN2O5.